The summed E-state index contributed by atoms with van der Waals surface area (Å²) in [7, 11) is -3.67. The number of sulfonamides is 1. The maximum Gasteiger partial charge on any atom is 0.240 e. The zero-order chi connectivity index (χ0) is 16.0. The number of ether oxygens (including phenoxy) is 1. The molecule has 0 aliphatic heterocycles. The lowest BCUT2D eigenvalue weighted by Crippen LogP contribution is -2.33. The number of carbonyl (C=O) groups excluding carboxylic acids is 1. The summed E-state index contributed by atoms with van der Waals surface area (Å²) < 4.78 is 31.9. The minimum absolute atomic E-state index is 0.0476. The second-order valence-corrected chi connectivity index (χ2v) is 6.81. The van der Waals surface area contributed by atoms with Crippen molar-refractivity contribution in [3.8, 4) is 5.75 Å². The van der Waals surface area contributed by atoms with E-state index in [1.807, 2.05) is 13.8 Å². The summed E-state index contributed by atoms with van der Waals surface area (Å²) in [6, 6.07) is 4.27. The van der Waals surface area contributed by atoms with Gasteiger partial charge in [-0.1, -0.05) is 11.6 Å². The van der Waals surface area contributed by atoms with Gasteiger partial charge in [-0.3, -0.25) is 4.79 Å². The molecule has 21 heavy (non-hydrogen) atoms. The van der Waals surface area contributed by atoms with E-state index in [-0.39, 0.29) is 35.0 Å². The van der Waals surface area contributed by atoms with Gasteiger partial charge in [0.15, 0.2) is 0 Å². The predicted molar refractivity (Wildman–Crippen MR) is 81.1 cm³/mol. The van der Waals surface area contributed by atoms with Crippen LogP contribution in [0, 0.1) is 0 Å². The predicted octanol–water partition coefficient (Wildman–Crippen LogP) is 1.54. The molecule has 2 N–H and O–H groups in total. The zero-order valence-electron chi connectivity index (χ0n) is 12.1. The fraction of sp³-hybridized carbons (Fsp3) is 0.462. The maximum absolute atomic E-state index is 12.0. The summed E-state index contributed by atoms with van der Waals surface area (Å²) in [5.41, 5.74) is 0. The molecule has 0 heterocycles. The van der Waals surface area contributed by atoms with E-state index < -0.39 is 10.0 Å². The quantitative estimate of drug-likeness (QED) is 0.741. The van der Waals surface area contributed by atoms with Crippen LogP contribution in [0.1, 0.15) is 20.8 Å². The van der Waals surface area contributed by atoms with Gasteiger partial charge in [0.05, 0.1) is 16.0 Å². The number of nitrogens with one attached hydrogen (secondary N) is 2. The van der Waals surface area contributed by atoms with E-state index in [2.05, 4.69) is 10.0 Å². The van der Waals surface area contributed by atoms with E-state index in [0.29, 0.717) is 5.75 Å². The van der Waals surface area contributed by atoms with Crippen LogP contribution >= 0.6 is 11.6 Å². The smallest absolute Gasteiger partial charge is 0.240 e. The Morgan fingerprint density at radius 3 is 2.52 bits per heavy atom. The van der Waals surface area contributed by atoms with Gasteiger partial charge in [-0.2, -0.15) is 0 Å². The molecule has 0 spiro atoms. The van der Waals surface area contributed by atoms with Crippen molar-refractivity contribution in [1.82, 2.24) is 10.0 Å². The number of benzene rings is 1. The SMILES string of the molecule is CC(=O)NCCNS(=O)(=O)c1ccc(OC(C)C)c(Cl)c1. The van der Waals surface area contributed by atoms with Crippen LogP contribution in [0.15, 0.2) is 23.1 Å². The summed E-state index contributed by atoms with van der Waals surface area (Å²) in [5, 5.41) is 2.73. The van der Waals surface area contributed by atoms with Crippen LogP contribution in [0.3, 0.4) is 0 Å². The van der Waals surface area contributed by atoms with Gasteiger partial charge in [-0.05, 0) is 32.0 Å². The first kappa shape index (κ1) is 17.7. The van der Waals surface area contributed by atoms with E-state index in [9.17, 15) is 13.2 Å². The molecular weight excluding hydrogens is 316 g/mol. The lowest BCUT2D eigenvalue weighted by molar-refractivity contribution is -0.118. The Labute approximate surface area is 129 Å². The summed E-state index contributed by atoms with van der Waals surface area (Å²) >= 11 is 6.01. The van der Waals surface area contributed by atoms with Gasteiger partial charge in [0.2, 0.25) is 15.9 Å². The Morgan fingerprint density at radius 2 is 2.00 bits per heavy atom. The molecule has 0 bridgehead atoms. The van der Waals surface area contributed by atoms with Gasteiger partial charge in [-0.15, -0.1) is 0 Å². The molecule has 0 aliphatic rings. The van der Waals surface area contributed by atoms with Crippen molar-refractivity contribution in [3.63, 3.8) is 0 Å². The Balaban J connectivity index is 2.75. The van der Waals surface area contributed by atoms with Crippen LogP contribution in [0.25, 0.3) is 0 Å². The first-order valence-corrected chi connectivity index (χ1v) is 8.29. The highest BCUT2D eigenvalue weighted by atomic mass is 35.5. The molecular formula is C13H19ClN2O4S. The molecule has 0 atom stereocenters. The lowest BCUT2D eigenvalue weighted by atomic mass is 10.3. The fourth-order valence-corrected chi connectivity index (χ4v) is 2.85. The van der Waals surface area contributed by atoms with Crippen LogP contribution in [-0.2, 0) is 14.8 Å². The standard InChI is InChI=1S/C13H19ClN2O4S/c1-9(2)20-13-5-4-11(8-12(13)14)21(18,19)16-7-6-15-10(3)17/h4-5,8-9,16H,6-7H2,1-3H3,(H,15,17). The number of halogens is 1. The Bertz CT molecular complexity index is 602. The summed E-state index contributed by atoms with van der Waals surface area (Å²) in [4.78, 5) is 10.7. The number of hydrogen-bond donors (Lipinski definition) is 2. The minimum Gasteiger partial charge on any atom is -0.489 e. The van der Waals surface area contributed by atoms with E-state index in [1.165, 1.54) is 25.1 Å². The number of carbonyl (C=O) groups is 1. The Kier molecular flexibility index (Phi) is 6.44. The molecule has 8 heteroatoms. The minimum atomic E-state index is -3.67. The molecule has 0 unspecified atom stereocenters. The molecule has 0 fully saturated rings. The molecule has 1 aromatic rings. The van der Waals surface area contributed by atoms with E-state index in [0.717, 1.165) is 0 Å². The van der Waals surface area contributed by atoms with Crippen LogP contribution in [0.5, 0.6) is 5.75 Å². The van der Waals surface area contributed by atoms with Crippen molar-refractivity contribution in [1.29, 1.82) is 0 Å². The third kappa shape index (κ3) is 5.91. The van der Waals surface area contributed by atoms with E-state index in [1.54, 1.807) is 0 Å². The Morgan fingerprint density at radius 1 is 1.33 bits per heavy atom. The molecule has 0 radical (unpaired) electrons. The summed E-state index contributed by atoms with van der Waals surface area (Å²) in [5.74, 6) is 0.219. The Hall–Kier alpha value is -1.31. The molecule has 1 amide bonds. The largest absolute Gasteiger partial charge is 0.489 e. The van der Waals surface area contributed by atoms with Crippen molar-refractivity contribution >= 4 is 27.5 Å². The van der Waals surface area contributed by atoms with Gasteiger partial charge < -0.3 is 10.1 Å². The molecule has 0 aromatic heterocycles. The van der Waals surface area contributed by atoms with Crippen LogP contribution in [0.4, 0.5) is 0 Å². The lowest BCUT2D eigenvalue weighted by Gasteiger charge is -2.13. The fourth-order valence-electron chi connectivity index (χ4n) is 1.51. The normalized spacial score (nSPS) is 11.5. The average Bonchev–Trinajstić information content (AvgIpc) is 2.36. The second kappa shape index (κ2) is 7.63. The maximum atomic E-state index is 12.0. The topological polar surface area (TPSA) is 84.5 Å². The molecule has 0 aliphatic carbocycles. The third-order valence-corrected chi connectivity index (χ3v) is 4.12. The summed E-state index contributed by atoms with van der Waals surface area (Å²) in [6.45, 7) is 5.39. The highest BCUT2D eigenvalue weighted by Crippen LogP contribution is 2.28. The molecule has 0 saturated carbocycles. The second-order valence-electron chi connectivity index (χ2n) is 4.64. The van der Waals surface area contributed by atoms with Gasteiger partial charge in [0.1, 0.15) is 5.75 Å². The molecule has 1 aromatic carbocycles. The first-order chi connectivity index (χ1) is 9.72. The van der Waals surface area contributed by atoms with Crippen molar-refractivity contribution in [2.75, 3.05) is 13.1 Å². The van der Waals surface area contributed by atoms with Crippen molar-refractivity contribution in [2.24, 2.45) is 0 Å². The monoisotopic (exact) mass is 334 g/mol. The summed E-state index contributed by atoms with van der Waals surface area (Å²) in [6.07, 6.45) is -0.0549. The first-order valence-electron chi connectivity index (χ1n) is 6.42. The number of hydrogen-bond acceptors (Lipinski definition) is 4. The van der Waals surface area contributed by atoms with E-state index >= 15 is 0 Å². The van der Waals surface area contributed by atoms with Crippen molar-refractivity contribution in [3.05, 3.63) is 23.2 Å². The van der Waals surface area contributed by atoms with Crippen LogP contribution in [0.2, 0.25) is 5.02 Å². The molecule has 118 valence electrons. The highest BCUT2D eigenvalue weighted by Gasteiger charge is 2.16. The molecule has 1 rings (SSSR count). The number of rotatable bonds is 7. The average molecular weight is 335 g/mol. The van der Waals surface area contributed by atoms with Gasteiger partial charge in [0.25, 0.3) is 0 Å². The van der Waals surface area contributed by atoms with Crippen molar-refractivity contribution < 1.29 is 17.9 Å². The van der Waals surface area contributed by atoms with Crippen LogP contribution < -0.4 is 14.8 Å². The third-order valence-electron chi connectivity index (χ3n) is 2.37. The highest BCUT2D eigenvalue weighted by molar-refractivity contribution is 7.89. The van der Waals surface area contributed by atoms with Gasteiger partial charge in [0, 0.05) is 20.0 Å². The van der Waals surface area contributed by atoms with Crippen LogP contribution in [-0.4, -0.2) is 33.5 Å². The molecule has 0 saturated heterocycles. The van der Waals surface area contributed by atoms with Crippen molar-refractivity contribution in [2.45, 2.75) is 31.8 Å². The van der Waals surface area contributed by atoms with Gasteiger partial charge in [-0.25, -0.2) is 13.1 Å². The molecule has 6 nitrogen and oxygen atoms in total. The van der Waals surface area contributed by atoms with E-state index in [4.69, 9.17) is 16.3 Å². The zero-order valence-corrected chi connectivity index (χ0v) is 13.7. The number of amides is 1. The van der Waals surface area contributed by atoms with Gasteiger partial charge >= 0.3 is 0 Å².